The Morgan fingerprint density at radius 3 is 2.81 bits per heavy atom. The highest BCUT2D eigenvalue weighted by molar-refractivity contribution is 9.10. The van der Waals surface area contributed by atoms with Crippen molar-refractivity contribution in [2.75, 3.05) is 12.4 Å². The highest BCUT2D eigenvalue weighted by atomic mass is 79.9. The molecular weight excluding hydrogens is 350 g/mol. The van der Waals surface area contributed by atoms with Gasteiger partial charge in [-0.15, -0.1) is 0 Å². The van der Waals surface area contributed by atoms with Crippen molar-refractivity contribution in [3.8, 4) is 5.75 Å². The topological polar surface area (TPSA) is 21.3 Å². The van der Waals surface area contributed by atoms with E-state index in [1.54, 1.807) is 7.11 Å². The van der Waals surface area contributed by atoms with Crippen molar-refractivity contribution in [1.29, 1.82) is 0 Å². The van der Waals surface area contributed by atoms with E-state index in [1.165, 1.54) is 11.1 Å². The van der Waals surface area contributed by atoms with Crippen LogP contribution < -0.4 is 10.1 Å². The molecule has 1 aliphatic rings. The van der Waals surface area contributed by atoms with Gasteiger partial charge >= 0.3 is 0 Å². The molecule has 21 heavy (non-hydrogen) atoms. The minimum Gasteiger partial charge on any atom is -0.497 e. The first-order valence-electron chi connectivity index (χ1n) is 7.03. The lowest BCUT2D eigenvalue weighted by Crippen LogP contribution is -2.27. The molecule has 0 aliphatic heterocycles. The van der Waals surface area contributed by atoms with Crippen LogP contribution in [0.15, 0.2) is 40.9 Å². The van der Waals surface area contributed by atoms with Gasteiger partial charge in [-0.05, 0) is 76.7 Å². The van der Waals surface area contributed by atoms with E-state index in [1.807, 2.05) is 24.3 Å². The Morgan fingerprint density at radius 1 is 1.19 bits per heavy atom. The van der Waals surface area contributed by atoms with Gasteiger partial charge in [0, 0.05) is 16.2 Å². The number of fused-ring (bicyclic) bond motifs is 1. The van der Waals surface area contributed by atoms with Gasteiger partial charge in [0.25, 0.3) is 0 Å². The van der Waals surface area contributed by atoms with Crippen LogP contribution in [0.4, 0.5) is 5.69 Å². The molecule has 0 fully saturated rings. The van der Waals surface area contributed by atoms with Crippen molar-refractivity contribution in [2.45, 2.75) is 25.3 Å². The first kappa shape index (κ1) is 14.7. The second-order valence-corrected chi connectivity index (χ2v) is 6.61. The van der Waals surface area contributed by atoms with Crippen molar-refractivity contribution in [3.05, 3.63) is 57.0 Å². The molecule has 0 saturated heterocycles. The standard InChI is InChI=1S/C17H17BrClNO/c1-21-15-6-3-11-2-4-13(8-12(11)9-15)20-14-5-7-17(19)16(18)10-14/h3,5-7,9-10,13,20H,2,4,8H2,1H3. The van der Waals surface area contributed by atoms with Gasteiger partial charge in [0.2, 0.25) is 0 Å². The Kier molecular flexibility index (Phi) is 4.41. The van der Waals surface area contributed by atoms with Crippen LogP contribution in [0.5, 0.6) is 5.75 Å². The minimum absolute atomic E-state index is 0.442. The van der Waals surface area contributed by atoms with E-state index in [2.05, 4.69) is 33.4 Å². The van der Waals surface area contributed by atoms with E-state index >= 15 is 0 Å². The highest BCUT2D eigenvalue weighted by Crippen LogP contribution is 2.29. The summed E-state index contributed by atoms with van der Waals surface area (Å²) < 4.78 is 6.24. The molecule has 0 bridgehead atoms. The summed E-state index contributed by atoms with van der Waals surface area (Å²) in [5.74, 6) is 0.934. The molecule has 3 rings (SSSR count). The van der Waals surface area contributed by atoms with Crippen molar-refractivity contribution in [2.24, 2.45) is 0 Å². The molecule has 0 heterocycles. The molecule has 1 N–H and O–H groups in total. The van der Waals surface area contributed by atoms with Crippen LogP contribution in [0, 0.1) is 0 Å². The highest BCUT2D eigenvalue weighted by Gasteiger charge is 2.19. The van der Waals surface area contributed by atoms with Crippen LogP contribution in [0.1, 0.15) is 17.5 Å². The third-order valence-electron chi connectivity index (χ3n) is 3.93. The van der Waals surface area contributed by atoms with Crippen molar-refractivity contribution in [1.82, 2.24) is 0 Å². The molecule has 0 aromatic heterocycles. The quantitative estimate of drug-likeness (QED) is 0.818. The lowest BCUT2D eigenvalue weighted by atomic mass is 9.88. The van der Waals surface area contributed by atoms with Crippen LogP contribution in [-0.2, 0) is 12.8 Å². The number of hydrogen-bond acceptors (Lipinski definition) is 2. The summed E-state index contributed by atoms with van der Waals surface area (Å²) in [4.78, 5) is 0. The lowest BCUT2D eigenvalue weighted by molar-refractivity contribution is 0.413. The van der Waals surface area contributed by atoms with Gasteiger partial charge in [-0.25, -0.2) is 0 Å². The molecule has 110 valence electrons. The molecule has 0 saturated carbocycles. The number of hydrogen-bond donors (Lipinski definition) is 1. The largest absolute Gasteiger partial charge is 0.497 e. The van der Waals surface area contributed by atoms with E-state index in [-0.39, 0.29) is 0 Å². The molecule has 2 nitrogen and oxygen atoms in total. The van der Waals surface area contributed by atoms with E-state index < -0.39 is 0 Å². The maximum Gasteiger partial charge on any atom is 0.119 e. The number of halogens is 2. The number of methoxy groups -OCH3 is 1. The Hall–Kier alpha value is -1.19. The average molecular weight is 367 g/mol. The van der Waals surface area contributed by atoms with E-state index in [4.69, 9.17) is 16.3 Å². The van der Waals surface area contributed by atoms with Crippen LogP contribution >= 0.6 is 27.5 Å². The third-order valence-corrected chi connectivity index (χ3v) is 5.15. The summed E-state index contributed by atoms with van der Waals surface area (Å²) in [6, 6.07) is 12.8. The maximum absolute atomic E-state index is 6.04. The minimum atomic E-state index is 0.442. The van der Waals surface area contributed by atoms with Crippen LogP contribution in [0.3, 0.4) is 0 Å². The van der Waals surface area contributed by atoms with Crippen LogP contribution in [0.25, 0.3) is 0 Å². The second-order valence-electron chi connectivity index (χ2n) is 5.35. The van der Waals surface area contributed by atoms with Gasteiger partial charge in [-0.1, -0.05) is 17.7 Å². The summed E-state index contributed by atoms with van der Waals surface area (Å²) in [6.45, 7) is 0. The molecule has 4 heteroatoms. The number of ether oxygens (including phenoxy) is 1. The van der Waals surface area contributed by atoms with Crippen molar-refractivity contribution in [3.63, 3.8) is 0 Å². The predicted molar refractivity (Wildman–Crippen MR) is 91.6 cm³/mol. The number of anilines is 1. The number of rotatable bonds is 3. The monoisotopic (exact) mass is 365 g/mol. The first-order chi connectivity index (χ1) is 10.2. The first-order valence-corrected chi connectivity index (χ1v) is 8.20. The third kappa shape index (κ3) is 3.35. The molecular formula is C17H17BrClNO. The molecule has 2 aromatic rings. The Balaban J connectivity index is 1.74. The van der Waals surface area contributed by atoms with Crippen LogP contribution in [0.2, 0.25) is 5.02 Å². The lowest BCUT2D eigenvalue weighted by Gasteiger charge is -2.27. The van der Waals surface area contributed by atoms with E-state index in [9.17, 15) is 0 Å². The fourth-order valence-electron chi connectivity index (χ4n) is 2.81. The zero-order valence-corrected chi connectivity index (χ0v) is 14.2. The molecule has 2 aromatic carbocycles. The second kappa shape index (κ2) is 6.29. The fraction of sp³-hybridized carbons (Fsp3) is 0.294. The Bertz CT molecular complexity index is 659. The summed E-state index contributed by atoms with van der Waals surface area (Å²) >= 11 is 9.50. The average Bonchev–Trinajstić information content (AvgIpc) is 2.50. The van der Waals surface area contributed by atoms with E-state index in [0.29, 0.717) is 6.04 Å². The predicted octanol–water partition coefficient (Wildman–Crippen LogP) is 5.08. The Labute approximate surface area is 138 Å². The Morgan fingerprint density at radius 2 is 2.05 bits per heavy atom. The SMILES string of the molecule is COc1ccc2c(c1)CC(Nc1ccc(Cl)c(Br)c1)CC2. The molecule has 1 aliphatic carbocycles. The van der Waals surface area contributed by atoms with Gasteiger partial charge in [-0.2, -0.15) is 0 Å². The van der Waals surface area contributed by atoms with Crippen LogP contribution in [-0.4, -0.2) is 13.2 Å². The van der Waals surface area contributed by atoms with Gasteiger partial charge < -0.3 is 10.1 Å². The van der Waals surface area contributed by atoms with Crippen molar-refractivity contribution >= 4 is 33.2 Å². The summed E-state index contributed by atoms with van der Waals surface area (Å²) in [7, 11) is 1.71. The summed E-state index contributed by atoms with van der Waals surface area (Å²) in [5.41, 5.74) is 3.92. The molecule has 1 atom stereocenters. The maximum atomic E-state index is 6.04. The van der Waals surface area contributed by atoms with Gasteiger partial charge in [-0.3, -0.25) is 0 Å². The summed E-state index contributed by atoms with van der Waals surface area (Å²) in [6.07, 6.45) is 3.26. The zero-order valence-electron chi connectivity index (χ0n) is 11.8. The van der Waals surface area contributed by atoms with Gasteiger partial charge in [0.05, 0.1) is 12.1 Å². The molecule has 0 spiro atoms. The number of benzene rings is 2. The van der Waals surface area contributed by atoms with E-state index in [0.717, 1.165) is 40.2 Å². The zero-order chi connectivity index (χ0) is 14.8. The molecule has 0 amide bonds. The summed E-state index contributed by atoms with van der Waals surface area (Å²) in [5, 5.41) is 4.33. The smallest absolute Gasteiger partial charge is 0.119 e. The molecule has 0 radical (unpaired) electrons. The van der Waals surface area contributed by atoms with Crippen molar-refractivity contribution < 1.29 is 4.74 Å². The normalized spacial score (nSPS) is 17.2. The van der Waals surface area contributed by atoms with Gasteiger partial charge in [0.1, 0.15) is 5.75 Å². The number of aryl methyl sites for hydroxylation is 1. The fourth-order valence-corrected chi connectivity index (χ4v) is 3.30. The van der Waals surface area contributed by atoms with Gasteiger partial charge in [0.15, 0.2) is 0 Å². The molecule has 1 unspecified atom stereocenters. The number of nitrogens with one attached hydrogen (secondary N) is 1.